The first kappa shape index (κ1) is 15.2. The van der Waals surface area contributed by atoms with Crippen LogP contribution in [0.5, 0.6) is 11.5 Å². The highest BCUT2D eigenvalue weighted by Crippen LogP contribution is 2.43. The van der Waals surface area contributed by atoms with Crippen LogP contribution in [0.3, 0.4) is 0 Å². The van der Waals surface area contributed by atoms with Crippen LogP contribution in [-0.4, -0.2) is 23.1 Å². The summed E-state index contributed by atoms with van der Waals surface area (Å²) in [6.45, 7) is 2.04. The van der Waals surface area contributed by atoms with Crippen molar-refractivity contribution in [1.29, 1.82) is 0 Å². The number of hydrogen-bond donors (Lipinski definition) is 1. The summed E-state index contributed by atoms with van der Waals surface area (Å²) < 4.78 is 7.21. The zero-order chi connectivity index (χ0) is 16.6. The van der Waals surface area contributed by atoms with Crippen molar-refractivity contribution in [2.75, 3.05) is 7.11 Å². The summed E-state index contributed by atoms with van der Waals surface area (Å²) in [7, 11) is 3.41. The van der Waals surface area contributed by atoms with Crippen molar-refractivity contribution < 1.29 is 14.6 Å². The quantitative estimate of drug-likeness (QED) is 0.743. The molecular weight excluding hydrogens is 290 g/mol. The largest absolute Gasteiger partial charge is 0.504 e. The zero-order valence-electron chi connectivity index (χ0n) is 13.5. The van der Waals surface area contributed by atoms with Gasteiger partial charge in [-0.15, -0.1) is 0 Å². The Balaban J connectivity index is 2.51. The molecule has 0 aliphatic rings. The maximum Gasteiger partial charge on any atom is 0.167 e. The minimum atomic E-state index is 0.0859. The first-order valence-electron chi connectivity index (χ1n) is 7.55. The Morgan fingerprint density at radius 1 is 1.26 bits per heavy atom. The lowest BCUT2D eigenvalue weighted by molar-refractivity contribution is 0.112. The number of hydrogen-bond acceptors (Lipinski definition) is 3. The smallest absolute Gasteiger partial charge is 0.167 e. The highest BCUT2D eigenvalue weighted by molar-refractivity contribution is 6.06. The van der Waals surface area contributed by atoms with Gasteiger partial charge >= 0.3 is 0 Å². The normalized spacial score (nSPS) is 10.9. The first-order valence-corrected chi connectivity index (χ1v) is 7.55. The average molecular weight is 309 g/mol. The zero-order valence-corrected chi connectivity index (χ0v) is 13.5. The Morgan fingerprint density at radius 3 is 2.52 bits per heavy atom. The van der Waals surface area contributed by atoms with Gasteiger partial charge in [0.2, 0.25) is 0 Å². The number of methoxy groups -OCH3 is 1. The molecule has 0 spiro atoms. The minimum absolute atomic E-state index is 0.0859. The Kier molecular flexibility index (Phi) is 3.82. The Bertz CT molecular complexity index is 879. The highest BCUT2D eigenvalue weighted by Gasteiger charge is 2.23. The van der Waals surface area contributed by atoms with Gasteiger partial charge in [-0.05, 0) is 23.6 Å². The molecule has 0 aliphatic heterocycles. The third-order valence-electron chi connectivity index (χ3n) is 4.27. The summed E-state index contributed by atoms with van der Waals surface area (Å²) >= 11 is 0. The predicted octanol–water partition coefficient (Wildman–Crippen LogP) is 3.93. The number of carbonyl (C=O) groups excluding carboxylic acids is 1. The highest BCUT2D eigenvalue weighted by atomic mass is 16.5. The molecule has 3 aromatic rings. The lowest BCUT2D eigenvalue weighted by atomic mass is 10.0. The van der Waals surface area contributed by atoms with E-state index in [4.69, 9.17) is 4.74 Å². The minimum Gasteiger partial charge on any atom is -0.504 e. The number of ether oxygens (including phenoxy) is 1. The van der Waals surface area contributed by atoms with E-state index in [2.05, 4.69) is 0 Å². The molecule has 4 heteroatoms. The molecule has 1 N–H and O–H groups in total. The Morgan fingerprint density at radius 2 is 1.96 bits per heavy atom. The van der Waals surface area contributed by atoms with Crippen LogP contribution in [0.1, 0.15) is 22.8 Å². The Labute approximate surface area is 134 Å². The molecule has 2 aromatic carbocycles. The summed E-state index contributed by atoms with van der Waals surface area (Å²) in [6, 6.07) is 11.6. The maximum atomic E-state index is 11.5. The number of aromatic hydroxyl groups is 1. The number of rotatable bonds is 4. The van der Waals surface area contributed by atoms with Gasteiger partial charge in [-0.2, -0.15) is 0 Å². The van der Waals surface area contributed by atoms with Gasteiger partial charge in [0.05, 0.1) is 18.3 Å². The van der Waals surface area contributed by atoms with E-state index in [0.29, 0.717) is 16.7 Å². The van der Waals surface area contributed by atoms with Crippen molar-refractivity contribution in [1.82, 2.24) is 4.57 Å². The van der Waals surface area contributed by atoms with Crippen molar-refractivity contribution in [2.24, 2.45) is 7.05 Å². The molecule has 4 nitrogen and oxygen atoms in total. The van der Waals surface area contributed by atoms with E-state index >= 15 is 0 Å². The van der Waals surface area contributed by atoms with Crippen molar-refractivity contribution in [3.8, 4) is 22.8 Å². The van der Waals surface area contributed by atoms with Gasteiger partial charge in [0.25, 0.3) is 0 Å². The van der Waals surface area contributed by atoms with Crippen molar-refractivity contribution in [2.45, 2.75) is 13.3 Å². The van der Waals surface area contributed by atoms with Crippen LogP contribution in [0, 0.1) is 0 Å². The second kappa shape index (κ2) is 5.80. The number of aromatic nitrogens is 1. The van der Waals surface area contributed by atoms with Gasteiger partial charge < -0.3 is 14.4 Å². The molecule has 0 bridgehead atoms. The summed E-state index contributed by atoms with van der Waals surface area (Å²) in [6.07, 6.45) is 1.54. The maximum absolute atomic E-state index is 11.5. The van der Waals surface area contributed by atoms with Crippen molar-refractivity contribution >= 4 is 17.2 Å². The van der Waals surface area contributed by atoms with E-state index < -0.39 is 0 Å². The second-order valence-electron chi connectivity index (χ2n) is 5.46. The molecule has 0 unspecified atom stereocenters. The molecule has 0 fully saturated rings. The van der Waals surface area contributed by atoms with Crippen molar-refractivity contribution in [3.63, 3.8) is 0 Å². The number of phenols is 1. The summed E-state index contributed by atoms with van der Waals surface area (Å²) in [5.41, 5.74) is 4.31. The molecule has 1 heterocycles. The molecule has 0 amide bonds. The van der Waals surface area contributed by atoms with Gasteiger partial charge in [-0.25, -0.2) is 0 Å². The molecule has 0 saturated carbocycles. The number of phenolic OH excluding ortho intramolecular Hbond substituents is 1. The fraction of sp³-hybridized carbons (Fsp3) is 0.211. The monoisotopic (exact) mass is 309 g/mol. The van der Waals surface area contributed by atoms with E-state index in [1.807, 2.05) is 48.9 Å². The molecule has 3 rings (SSSR count). The van der Waals surface area contributed by atoms with E-state index in [-0.39, 0.29) is 5.75 Å². The van der Waals surface area contributed by atoms with Crippen LogP contribution in [0.25, 0.3) is 22.2 Å². The number of nitrogens with zero attached hydrogens (tertiary/aromatic N) is 1. The van der Waals surface area contributed by atoms with E-state index in [0.717, 1.165) is 35.0 Å². The molecule has 0 aliphatic carbocycles. The Hall–Kier alpha value is -2.75. The summed E-state index contributed by atoms with van der Waals surface area (Å²) in [5.74, 6) is 0.405. The number of fused-ring (bicyclic) bond motifs is 1. The SMILES string of the molecule is CCc1c(-c2ccccc2)n(C)c2c(C=O)cc(OC)c(O)c12. The second-order valence-corrected chi connectivity index (χ2v) is 5.46. The lowest BCUT2D eigenvalue weighted by Gasteiger charge is -2.08. The van der Waals surface area contributed by atoms with Crippen LogP contribution in [-0.2, 0) is 13.5 Å². The fourth-order valence-electron chi connectivity index (χ4n) is 3.29. The fourth-order valence-corrected chi connectivity index (χ4v) is 3.29. The lowest BCUT2D eigenvalue weighted by Crippen LogP contribution is -1.96. The number of benzene rings is 2. The third kappa shape index (κ3) is 2.18. The van der Waals surface area contributed by atoms with Gasteiger partial charge in [-0.1, -0.05) is 37.3 Å². The van der Waals surface area contributed by atoms with E-state index in [1.54, 1.807) is 6.07 Å². The standard InChI is InChI=1S/C19H19NO3/c1-4-14-16-18(13(11-21)10-15(23-3)19(16)22)20(2)17(14)12-8-6-5-7-9-12/h5-11,22H,4H2,1-3H3. The van der Waals surface area contributed by atoms with Crippen LogP contribution in [0.4, 0.5) is 0 Å². The first-order chi connectivity index (χ1) is 11.1. The molecule has 118 valence electrons. The van der Waals surface area contributed by atoms with Crippen LogP contribution < -0.4 is 4.74 Å². The summed E-state index contributed by atoms with van der Waals surface area (Å²) in [5, 5.41) is 11.3. The number of aldehydes is 1. The number of aryl methyl sites for hydroxylation is 2. The topological polar surface area (TPSA) is 51.5 Å². The number of carbonyl (C=O) groups is 1. The van der Waals surface area contributed by atoms with E-state index in [1.165, 1.54) is 7.11 Å². The van der Waals surface area contributed by atoms with Crippen LogP contribution in [0.2, 0.25) is 0 Å². The molecular formula is C19H19NO3. The predicted molar refractivity (Wildman–Crippen MR) is 91.3 cm³/mol. The van der Waals surface area contributed by atoms with Gasteiger partial charge in [0, 0.05) is 18.0 Å². The molecule has 1 aromatic heterocycles. The van der Waals surface area contributed by atoms with Gasteiger partial charge in [-0.3, -0.25) is 4.79 Å². The van der Waals surface area contributed by atoms with E-state index in [9.17, 15) is 9.90 Å². The molecule has 0 atom stereocenters. The third-order valence-corrected chi connectivity index (χ3v) is 4.27. The molecule has 0 radical (unpaired) electrons. The average Bonchev–Trinajstić information content (AvgIpc) is 2.89. The van der Waals surface area contributed by atoms with Crippen molar-refractivity contribution in [3.05, 3.63) is 47.5 Å². The van der Waals surface area contributed by atoms with Crippen LogP contribution >= 0.6 is 0 Å². The summed E-state index contributed by atoms with van der Waals surface area (Å²) in [4.78, 5) is 11.5. The molecule has 0 saturated heterocycles. The molecule has 23 heavy (non-hydrogen) atoms. The van der Waals surface area contributed by atoms with Crippen LogP contribution in [0.15, 0.2) is 36.4 Å². The van der Waals surface area contributed by atoms with Gasteiger partial charge in [0.1, 0.15) is 0 Å². The van der Waals surface area contributed by atoms with Gasteiger partial charge in [0.15, 0.2) is 17.8 Å².